The molecule has 0 bridgehead atoms. The highest BCUT2D eigenvalue weighted by molar-refractivity contribution is 6.05. The van der Waals surface area contributed by atoms with Crippen LogP contribution in [0.3, 0.4) is 0 Å². The molecule has 0 aromatic heterocycles. The van der Waals surface area contributed by atoms with Gasteiger partial charge in [0.1, 0.15) is 6.04 Å². The van der Waals surface area contributed by atoms with Crippen molar-refractivity contribution in [3.8, 4) is 11.8 Å². The average Bonchev–Trinajstić information content (AvgIpc) is 2.83. The molecule has 3 amide bonds. The van der Waals surface area contributed by atoms with Gasteiger partial charge >= 0.3 is 0 Å². The SMILES string of the molecule is [2H]CC#Cc1cccc2c1CN(C1CCC(=O)NC1=O)C2=O. The van der Waals surface area contributed by atoms with Crippen molar-refractivity contribution in [2.45, 2.75) is 32.3 Å². The first-order valence-corrected chi connectivity index (χ1v) is 6.66. The maximum Gasteiger partial charge on any atom is 0.255 e. The summed E-state index contributed by atoms with van der Waals surface area (Å²) in [7, 11) is 0. The largest absolute Gasteiger partial charge is 0.322 e. The van der Waals surface area contributed by atoms with Gasteiger partial charge in [-0.3, -0.25) is 19.7 Å². The number of imide groups is 1. The van der Waals surface area contributed by atoms with E-state index in [4.69, 9.17) is 1.37 Å². The minimum Gasteiger partial charge on any atom is -0.322 e. The summed E-state index contributed by atoms with van der Waals surface area (Å²) < 4.78 is 7.10. The Kier molecular flexibility index (Phi) is 2.93. The van der Waals surface area contributed by atoms with Crippen molar-refractivity contribution in [2.24, 2.45) is 0 Å². The predicted molar refractivity (Wildman–Crippen MR) is 75.0 cm³/mol. The van der Waals surface area contributed by atoms with Crippen molar-refractivity contribution < 1.29 is 15.8 Å². The molecule has 1 aromatic rings. The molecule has 3 rings (SSSR count). The molecule has 0 radical (unpaired) electrons. The Hall–Kier alpha value is -2.61. The van der Waals surface area contributed by atoms with Crippen molar-refractivity contribution in [3.05, 3.63) is 34.9 Å². The fourth-order valence-electron chi connectivity index (χ4n) is 2.80. The summed E-state index contributed by atoms with van der Waals surface area (Å²) in [6.45, 7) is 0.303. The Balaban J connectivity index is 1.91. The highest BCUT2D eigenvalue weighted by Crippen LogP contribution is 2.29. The first-order chi connectivity index (χ1) is 10.6. The third-order valence-electron chi connectivity index (χ3n) is 3.81. The smallest absolute Gasteiger partial charge is 0.255 e. The van der Waals surface area contributed by atoms with Crippen LogP contribution in [-0.4, -0.2) is 28.7 Å². The molecule has 1 N–H and O–H groups in total. The second kappa shape index (κ2) is 5.06. The van der Waals surface area contributed by atoms with Gasteiger partial charge in [0, 0.05) is 25.5 Å². The van der Waals surface area contributed by atoms with Gasteiger partial charge < -0.3 is 4.90 Å². The maximum atomic E-state index is 12.5. The van der Waals surface area contributed by atoms with Crippen LogP contribution in [0.5, 0.6) is 0 Å². The van der Waals surface area contributed by atoms with Crippen molar-refractivity contribution in [3.63, 3.8) is 0 Å². The molecule has 2 heterocycles. The van der Waals surface area contributed by atoms with Crippen LogP contribution in [0, 0.1) is 11.8 Å². The molecule has 1 unspecified atom stereocenters. The highest BCUT2D eigenvalue weighted by atomic mass is 16.2. The van der Waals surface area contributed by atoms with E-state index in [9.17, 15) is 14.4 Å². The van der Waals surface area contributed by atoms with Crippen LogP contribution in [0.2, 0.25) is 0 Å². The zero-order chi connectivity index (χ0) is 15.7. The van der Waals surface area contributed by atoms with Crippen LogP contribution >= 0.6 is 0 Å². The van der Waals surface area contributed by atoms with Crippen LogP contribution in [0.1, 0.15) is 42.6 Å². The summed E-state index contributed by atoms with van der Waals surface area (Å²) in [5, 5.41) is 2.28. The molecule has 2 aliphatic rings. The first kappa shape index (κ1) is 12.2. The molecule has 1 aromatic carbocycles. The van der Waals surface area contributed by atoms with E-state index < -0.39 is 11.9 Å². The standard InChI is InChI=1S/C16H14N2O3/c1-2-4-10-5-3-6-11-12(10)9-18(16(11)21)13-7-8-14(19)17-15(13)20/h3,5-6,13H,7-9H2,1H3,(H,17,19,20)/i1D. The number of fused-ring (bicyclic) bond motifs is 1. The van der Waals surface area contributed by atoms with E-state index in [0.717, 1.165) is 5.56 Å². The normalized spacial score (nSPS) is 21.3. The number of hydrogen-bond acceptors (Lipinski definition) is 3. The molecular formula is C16H14N2O3. The lowest BCUT2D eigenvalue weighted by atomic mass is 10.0. The third kappa shape index (κ3) is 2.19. The number of benzene rings is 1. The van der Waals surface area contributed by atoms with E-state index in [1.165, 1.54) is 4.90 Å². The summed E-state index contributed by atoms with van der Waals surface area (Å²) in [5.41, 5.74) is 2.05. The number of rotatable bonds is 1. The molecule has 0 aliphatic carbocycles. The van der Waals surface area contributed by atoms with E-state index in [1.807, 2.05) is 6.07 Å². The van der Waals surface area contributed by atoms with Gasteiger partial charge in [-0.2, -0.15) is 0 Å². The second-order valence-electron chi connectivity index (χ2n) is 5.03. The van der Waals surface area contributed by atoms with Crippen LogP contribution in [0.4, 0.5) is 0 Å². The van der Waals surface area contributed by atoms with Gasteiger partial charge in [-0.1, -0.05) is 12.0 Å². The number of piperidine rings is 1. The third-order valence-corrected chi connectivity index (χ3v) is 3.81. The number of amides is 3. The zero-order valence-corrected chi connectivity index (χ0v) is 11.3. The van der Waals surface area contributed by atoms with E-state index >= 15 is 0 Å². The summed E-state index contributed by atoms with van der Waals surface area (Å²) in [6.07, 6.45) is 0.583. The van der Waals surface area contributed by atoms with Crippen LogP contribution in [0.25, 0.3) is 0 Å². The maximum absolute atomic E-state index is 12.5. The number of carbonyl (C=O) groups excluding carboxylic acids is 3. The molecule has 1 saturated heterocycles. The summed E-state index contributed by atoms with van der Waals surface area (Å²) in [4.78, 5) is 37.2. The Morgan fingerprint density at radius 2 is 2.24 bits per heavy atom. The monoisotopic (exact) mass is 283 g/mol. The number of nitrogens with zero attached hydrogens (tertiary/aromatic N) is 1. The van der Waals surface area contributed by atoms with Crippen molar-refractivity contribution >= 4 is 17.7 Å². The topological polar surface area (TPSA) is 66.5 Å². The molecule has 0 saturated carbocycles. The predicted octanol–water partition coefficient (Wildman–Crippen LogP) is 0.819. The van der Waals surface area contributed by atoms with Crippen LogP contribution in [0.15, 0.2) is 18.2 Å². The number of carbonyl (C=O) groups is 3. The molecule has 21 heavy (non-hydrogen) atoms. The van der Waals surface area contributed by atoms with Gasteiger partial charge in [0.2, 0.25) is 11.8 Å². The van der Waals surface area contributed by atoms with Gasteiger partial charge in [-0.05, 0) is 31.0 Å². The average molecular weight is 283 g/mol. The van der Waals surface area contributed by atoms with Gasteiger partial charge in [0.25, 0.3) is 5.91 Å². The zero-order valence-electron chi connectivity index (χ0n) is 12.3. The fourth-order valence-corrected chi connectivity index (χ4v) is 2.80. The Morgan fingerprint density at radius 3 is 3.00 bits per heavy atom. The lowest BCUT2D eigenvalue weighted by Gasteiger charge is -2.29. The van der Waals surface area contributed by atoms with Crippen LogP contribution in [-0.2, 0) is 16.1 Å². The minimum atomic E-state index is -0.616. The summed E-state index contributed by atoms with van der Waals surface area (Å²) >= 11 is 0. The molecule has 1 fully saturated rings. The molecule has 106 valence electrons. The van der Waals surface area contributed by atoms with E-state index in [0.29, 0.717) is 24.1 Å². The van der Waals surface area contributed by atoms with Gasteiger partial charge in [0.05, 0.1) is 0 Å². The van der Waals surface area contributed by atoms with E-state index in [-0.39, 0.29) is 25.1 Å². The summed E-state index contributed by atoms with van der Waals surface area (Å²) in [5.74, 6) is 4.64. The van der Waals surface area contributed by atoms with Crippen LogP contribution < -0.4 is 5.32 Å². The minimum absolute atomic E-state index is 0.00549. The second-order valence-corrected chi connectivity index (χ2v) is 5.03. The van der Waals surface area contributed by atoms with Gasteiger partial charge in [0.15, 0.2) is 0 Å². The van der Waals surface area contributed by atoms with Crippen molar-refractivity contribution in [2.75, 3.05) is 0 Å². The van der Waals surface area contributed by atoms with Crippen molar-refractivity contribution in [1.29, 1.82) is 0 Å². The van der Waals surface area contributed by atoms with Gasteiger partial charge in [-0.25, -0.2) is 0 Å². The highest BCUT2D eigenvalue weighted by Gasteiger charge is 2.39. The number of nitrogens with one attached hydrogen (secondary N) is 1. The first-order valence-electron chi connectivity index (χ1n) is 7.37. The van der Waals surface area contributed by atoms with Gasteiger partial charge in [-0.15, -0.1) is 5.92 Å². The fraction of sp³-hybridized carbons (Fsp3) is 0.312. The van der Waals surface area contributed by atoms with E-state index in [1.54, 1.807) is 12.1 Å². The lowest BCUT2D eigenvalue weighted by molar-refractivity contribution is -0.136. The quantitative estimate of drug-likeness (QED) is 0.613. The Bertz CT molecular complexity index is 733. The summed E-state index contributed by atoms with van der Waals surface area (Å²) in [6, 6.07) is 4.66. The Morgan fingerprint density at radius 1 is 1.38 bits per heavy atom. The number of hydrogen-bond donors (Lipinski definition) is 1. The molecule has 0 spiro atoms. The molecule has 2 aliphatic heterocycles. The molecule has 1 atom stereocenters. The Labute approximate surface area is 123 Å². The molecule has 5 heteroatoms. The van der Waals surface area contributed by atoms with E-state index in [2.05, 4.69) is 17.2 Å². The van der Waals surface area contributed by atoms with Crippen molar-refractivity contribution in [1.82, 2.24) is 10.2 Å². The molecule has 5 nitrogen and oxygen atoms in total. The molecular weight excluding hydrogens is 268 g/mol. The lowest BCUT2D eigenvalue weighted by Crippen LogP contribution is -2.52.